The van der Waals surface area contributed by atoms with Crippen molar-refractivity contribution in [3.05, 3.63) is 47.7 Å². The summed E-state index contributed by atoms with van der Waals surface area (Å²) in [4.78, 5) is 12.8. The Morgan fingerprint density at radius 1 is 0.946 bits per heavy atom. The third-order valence-electron chi connectivity index (χ3n) is 7.65. The Kier molecular flexibility index (Phi) is 13.5. The first-order valence-corrected chi connectivity index (χ1v) is 14.7. The minimum atomic E-state index is 0.0717. The van der Waals surface area contributed by atoms with Gasteiger partial charge >= 0.3 is 0 Å². The van der Waals surface area contributed by atoms with Gasteiger partial charge in [0.05, 0.1) is 32.5 Å². The van der Waals surface area contributed by atoms with E-state index in [4.69, 9.17) is 14.2 Å². The Morgan fingerprint density at radius 3 is 2.43 bits per heavy atom. The zero-order valence-corrected chi connectivity index (χ0v) is 23.3. The van der Waals surface area contributed by atoms with Crippen LogP contribution in [0, 0.1) is 5.92 Å². The average Bonchev–Trinajstić information content (AvgIpc) is 3.43. The Balaban J connectivity index is 1.44. The number of hydrogen-bond acceptors (Lipinski definition) is 4. The minimum Gasteiger partial charge on any atom is -0.498 e. The molecular weight excluding hydrogens is 462 g/mol. The zero-order valence-electron chi connectivity index (χ0n) is 23.3. The molecule has 0 radical (unpaired) electrons. The molecule has 1 fully saturated rings. The smallest absolute Gasteiger partial charge is 0.223 e. The number of allylic oxidation sites excluding steroid dienone is 3. The lowest BCUT2D eigenvalue weighted by molar-refractivity contribution is -0.122. The van der Waals surface area contributed by atoms with Gasteiger partial charge in [0.25, 0.3) is 0 Å². The Labute approximate surface area is 225 Å². The second-order valence-electron chi connectivity index (χ2n) is 10.7. The van der Waals surface area contributed by atoms with Gasteiger partial charge in [-0.2, -0.15) is 0 Å². The van der Waals surface area contributed by atoms with Crippen LogP contribution in [-0.4, -0.2) is 32.3 Å². The summed E-state index contributed by atoms with van der Waals surface area (Å²) in [6.45, 7) is 3.43. The number of unbranched alkanes of at least 4 members (excludes halogenated alkanes) is 3. The van der Waals surface area contributed by atoms with Crippen LogP contribution < -0.4 is 14.8 Å². The lowest BCUT2D eigenvalue weighted by Gasteiger charge is -2.23. The number of rotatable bonds is 18. The van der Waals surface area contributed by atoms with Gasteiger partial charge in [-0.05, 0) is 61.9 Å². The van der Waals surface area contributed by atoms with E-state index in [9.17, 15) is 4.79 Å². The van der Waals surface area contributed by atoms with Crippen molar-refractivity contribution in [1.29, 1.82) is 0 Å². The molecule has 1 saturated carbocycles. The van der Waals surface area contributed by atoms with Crippen molar-refractivity contribution in [3.8, 4) is 11.5 Å². The van der Waals surface area contributed by atoms with E-state index in [1.165, 1.54) is 63.4 Å². The molecular formula is C32H49NO4. The first-order chi connectivity index (χ1) is 18.2. The molecule has 1 amide bonds. The van der Waals surface area contributed by atoms with Gasteiger partial charge < -0.3 is 19.5 Å². The van der Waals surface area contributed by atoms with E-state index >= 15 is 0 Å². The predicted molar refractivity (Wildman–Crippen MR) is 151 cm³/mol. The molecule has 0 aromatic heterocycles. The summed E-state index contributed by atoms with van der Waals surface area (Å²) in [5, 5.41) is 3.33. The van der Waals surface area contributed by atoms with Gasteiger partial charge in [0.1, 0.15) is 11.5 Å². The number of ether oxygens (including phenoxy) is 3. The van der Waals surface area contributed by atoms with Crippen LogP contribution in [0.15, 0.2) is 47.7 Å². The van der Waals surface area contributed by atoms with Crippen molar-refractivity contribution < 1.29 is 19.0 Å². The number of hydrogen-bond donors (Lipinski definition) is 1. The van der Waals surface area contributed by atoms with Crippen LogP contribution in [0.3, 0.4) is 0 Å². The number of carbonyl (C=O) groups excluding carboxylic acids is 1. The van der Waals surface area contributed by atoms with E-state index < -0.39 is 0 Å². The van der Waals surface area contributed by atoms with E-state index in [2.05, 4.69) is 24.4 Å². The SMILES string of the molecule is CCCCCCOC1=CC=C(C[C@@H](CCCC2CCCC2)NC(=O)CCOc2ccc(OC)cc2)CC1. The third kappa shape index (κ3) is 11.7. The number of amides is 1. The van der Waals surface area contributed by atoms with Crippen molar-refractivity contribution in [2.75, 3.05) is 20.3 Å². The fourth-order valence-corrected chi connectivity index (χ4v) is 5.41. The summed E-state index contributed by atoms with van der Waals surface area (Å²) >= 11 is 0. The normalized spacial score (nSPS) is 16.6. The highest BCUT2D eigenvalue weighted by Gasteiger charge is 2.19. The predicted octanol–water partition coefficient (Wildman–Crippen LogP) is 7.90. The molecule has 1 atom stereocenters. The summed E-state index contributed by atoms with van der Waals surface area (Å²) in [5.41, 5.74) is 1.42. The summed E-state index contributed by atoms with van der Waals surface area (Å²) in [5.74, 6) is 3.62. The molecule has 0 heterocycles. The number of nitrogens with one attached hydrogen (secondary N) is 1. The molecule has 5 heteroatoms. The van der Waals surface area contributed by atoms with Crippen LogP contribution in [-0.2, 0) is 9.53 Å². The monoisotopic (exact) mass is 511 g/mol. The second-order valence-corrected chi connectivity index (χ2v) is 10.7. The van der Waals surface area contributed by atoms with E-state index in [0.29, 0.717) is 13.0 Å². The van der Waals surface area contributed by atoms with Gasteiger partial charge in [0, 0.05) is 12.5 Å². The molecule has 0 aliphatic heterocycles. The fourth-order valence-electron chi connectivity index (χ4n) is 5.41. The van der Waals surface area contributed by atoms with Crippen LogP contribution >= 0.6 is 0 Å². The van der Waals surface area contributed by atoms with Gasteiger partial charge in [0.15, 0.2) is 0 Å². The van der Waals surface area contributed by atoms with Gasteiger partial charge in [0.2, 0.25) is 5.91 Å². The number of carbonyl (C=O) groups is 1. The van der Waals surface area contributed by atoms with Crippen molar-refractivity contribution in [2.24, 2.45) is 5.92 Å². The van der Waals surface area contributed by atoms with E-state index in [-0.39, 0.29) is 11.9 Å². The highest BCUT2D eigenvalue weighted by Crippen LogP contribution is 2.30. The second kappa shape index (κ2) is 17.1. The van der Waals surface area contributed by atoms with Gasteiger partial charge in [-0.25, -0.2) is 0 Å². The summed E-state index contributed by atoms with van der Waals surface area (Å²) < 4.78 is 16.9. The Morgan fingerprint density at radius 2 is 1.73 bits per heavy atom. The van der Waals surface area contributed by atoms with E-state index in [0.717, 1.165) is 61.9 Å². The molecule has 5 nitrogen and oxygen atoms in total. The minimum absolute atomic E-state index is 0.0717. The molecule has 1 aromatic rings. The molecule has 0 unspecified atom stereocenters. The van der Waals surface area contributed by atoms with Crippen molar-refractivity contribution >= 4 is 5.91 Å². The molecule has 0 saturated heterocycles. The van der Waals surface area contributed by atoms with Crippen LogP contribution in [0.1, 0.15) is 103 Å². The lowest BCUT2D eigenvalue weighted by Crippen LogP contribution is -2.36. The summed E-state index contributed by atoms with van der Waals surface area (Å²) in [6.07, 6.45) is 21.7. The standard InChI is InChI=1S/C32H49NO4/c1-3-4-5-8-23-36-30-16-14-27(15-17-30)25-28(13-9-12-26-10-6-7-11-26)33-32(34)22-24-37-31-20-18-29(35-2)19-21-31/h14,16,18-21,26,28H,3-13,15,17,22-25H2,1-2H3,(H,33,34)/t28-/m1/s1. The van der Waals surface area contributed by atoms with Crippen LogP contribution in [0.4, 0.5) is 0 Å². The van der Waals surface area contributed by atoms with Crippen molar-refractivity contribution in [1.82, 2.24) is 5.32 Å². The largest absolute Gasteiger partial charge is 0.498 e. The highest BCUT2D eigenvalue weighted by atomic mass is 16.5. The quantitative estimate of drug-likeness (QED) is 0.204. The Bertz CT molecular complexity index is 839. The summed E-state index contributed by atoms with van der Waals surface area (Å²) in [6, 6.07) is 7.66. The molecule has 3 rings (SSSR count). The Hall–Kier alpha value is -2.43. The molecule has 1 N–H and O–H groups in total. The van der Waals surface area contributed by atoms with Crippen LogP contribution in [0.2, 0.25) is 0 Å². The van der Waals surface area contributed by atoms with Gasteiger partial charge in [-0.1, -0.05) is 76.4 Å². The van der Waals surface area contributed by atoms with Gasteiger partial charge in [-0.15, -0.1) is 0 Å². The molecule has 37 heavy (non-hydrogen) atoms. The molecule has 2 aliphatic rings. The molecule has 2 aliphatic carbocycles. The third-order valence-corrected chi connectivity index (χ3v) is 7.65. The maximum absolute atomic E-state index is 12.8. The maximum atomic E-state index is 12.8. The summed E-state index contributed by atoms with van der Waals surface area (Å²) in [7, 11) is 1.65. The first kappa shape index (κ1) is 29.1. The van der Waals surface area contributed by atoms with Crippen LogP contribution in [0.5, 0.6) is 11.5 Å². The number of methoxy groups -OCH3 is 1. The highest BCUT2D eigenvalue weighted by molar-refractivity contribution is 5.76. The maximum Gasteiger partial charge on any atom is 0.223 e. The van der Waals surface area contributed by atoms with E-state index in [1.54, 1.807) is 7.11 Å². The molecule has 206 valence electrons. The molecule has 0 spiro atoms. The lowest BCUT2D eigenvalue weighted by atomic mass is 9.92. The van der Waals surface area contributed by atoms with Crippen molar-refractivity contribution in [3.63, 3.8) is 0 Å². The molecule has 1 aromatic carbocycles. The molecule has 0 bridgehead atoms. The number of benzene rings is 1. The fraction of sp³-hybridized carbons (Fsp3) is 0.656. The first-order valence-electron chi connectivity index (χ1n) is 14.7. The topological polar surface area (TPSA) is 56.8 Å². The van der Waals surface area contributed by atoms with E-state index in [1.807, 2.05) is 24.3 Å². The zero-order chi connectivity index (χ0) is 26.1. The average molecular weight is 512 g/mol. The van der Waals surface area contributed by atoms with Gasteiger partial charge in [-0.3, -0.25) is 4.79 Å². The van der Waals surface area contributed by atoms with Crippen molar-refractivity contribution in [2.45, 2.75) is 109 Å². The van der Waals surface area contributed by atoms with Crippen LogP contribution in [0.25, 0.3) is 0 Å².